The molecule has 0 radical (unpaired) electrons. The van der Waals surface area contributed by atoms with E-state index in [1.54, 1.807) is 13.4 Å². The van der Waals surface area contributed by atoms with E-state index in [1.807, 2.05) is 27.0 Å². The second-order valence-corrected chi connectivity index (χ2v) is 6.50. The Morgan fingerprint density at radius 2 is 2.17 bits per heavy atom. The van der Waals surface area contributed by atoms with Crippen LogP contribution < -0.4 is 10.6 Å². The molecule has 0 aliphatic carbocycles. The Kier molecular flexibility index (Phi) is 8.65. The van der Waals surface area contributed by atoms with E-state index in [0.29, 0.717) is 13.2 Å². The van der Waals surface area contributed by atoms with Crippen molar-refractivity contribution in [1.82, 2.24) is 20.6 Å². The summed E-state index contributed by atoms with van der Waals surface area (Å²) < 4.78 is 10.4. The van der Waals surface area contributed by atoms with Crippen LogP contribution in [0.15, 0.2) is 12.5 Å². The first kappa shape index (κ1) is 19.4. The number of carbonyl (C=O) groups excluding carboxylic acids is 1. The normalized spacial score (nSPS) is 12.9. The zero-order valence-corrected chi connectivity index (χ0v) is 14.6. The number of nitrogens with one attached hydrogen (secondary N) is 3. The van der Waals surface area contributed by atoms with Gasteiger partial charge in [-0.2, -0.15) is 0 Å². The van der Waals surface area contributed by atoms with Gasteiger partial charge in [0.25, 0.3) is 0 Å². The summed E-state index contributed by atoms with van der Waals surface area (Å²) in [6.45, 7) is 7.66. The Morgan fingerprint density at radius 1 is 1.39 bits per heavy atom. The lowest BCUT2D eigenvalue weighted by Gasteiger charge is -2.20. The Balaban J connectivity index is 2.16. The van der Waals surface area contributed by atoms with Crippen molar-refractivity contribution in [2.75, 3.05) is 26.8 Å². The molecular formula is C16H30N4O3. The van der Waals surface area contributed by atoms with Crippen LogP contribution >= 0.6 is 0 Å². The highest BCUT2D eigenvalue weighted by molar-refractivity contribution is 5.67. The predicted molar refractivity (Wildman–Crippen MR) is 89.4 cm³/mol. The van der Waals surface area contributed by atoms with Crippen molar-refractivity contribution in [2.24, 2.45) is 0 Å². The Labute approximate surface area is 138 Å². The maximum absolute atomic E-state index is 11.5. The molecule has 1 amide bonds. The number of amides is 1. The van der Waals surface area contributed by atoms with Crippen molar-refractivity contribution in [2.45, 2.75) is 51.7 Å². The number of hydrogen-bond donors (Lipinski definition) is 3. The van der Waals surface area contributed by atoms with E-state index in [1.165, 1.54) is 0 Å². The molecule has 0 saturated carbocycles. The Hall–Kier alpha value is -1.60. The lowest BCUT2D eigenvalue weighted by molar-refractivity contribution is 0.0526. The summed E-state index contributed by atoms with van der Waals surface area (Å²) in [5, 5.41) is 6.24. The summed E-state index contributed by atoms with van der Waals surface area (Å²) in [5.74, 6) is 0. The van der Waals surface area contributed by atoms with Gasteiger partial charge in [-0.05, 0) is 33.6 Å². The standard InChI is InChI=1S/C16H30N4O3/c1-16(2,3)23-15(21)19-8-5-6-14(11-22-4)18-9-7-13-10-17-12-20-13/h10,12,14,18H,5-9,11H2,1-4H3,(H,17,20)(H,19,21). The Bertz CT molecular complexity index is 429. The largest absolute Gasteiger partial charge is 0.444 e. The number of ether oxygens (including phenoxy) is 2. The molecule has 0 aliphatic rings. The van der Waals surface area contributed by atoms with Gasteiger partial charge in [0, 0.05) is 44.6 Å². The minimum Gasteiger partial charge on any atom is -0.444 e. The minimum atomic E-state index is -0.461. The van der Waals surface area contributed by atoms with Gasteiger partial charge in [0.2, 0.25) is 0 Å². The van der Waals surface area contributed by atoms with Gasteiger partial charge in [0.1, 0.15) is 5.60 Å². The molecule has 1 rings (SSSR count). The smallest absolute Gasteiger partial charge is 0.407 e. The third kappa shape index (κ3) is 9.91. The van der Waals surface area contributed by atoms with Crippen molar-refractivity contribution in [3.8, 4) is 0 Å². The molecule has 1 atom stereocenters. The summed E-state index contributed by atoms with van der Waals surface area (Å²) >= 11 is 0. The number of nitrogens with zero attached hydrogens (tertiary/aromatic N) is 1. The van der Waals surface area contributed by atoms with Gasteiger partial charge in [-0.15, -0.1) is 0 Å². The first-order valence-electron chi connectivity index (χ1n) is 8.07. The molecule has 0 saturated heterocycles. The highest BCUT2D eigenvalue weighted by Gasteiger charge is 2.15. The van der Waals surface area contributed by atoms with E-state index in [4.69, 9.17) is 9.47 Å². The summed E-state index contributed by atoms with van der Waals surface area (Å²) in [5.41, 5.74) is 0.650. The van der Waals surface area contributed by atoms with Crippen LogP contribution in [0.3, 0.4) is 0 Å². The zero-order valence-electron chi connectivity index (χ0n) is 14.6. The number of methoxy groups -OCH3 is 1. The zero-order chi connectivity index (χ0) is 17.1. The lowest BCUT2D eigenvalue weighted by Crippen LogP contribution is -2.36. The van der Waals surface area contributed by atoms with E-state index in [9.17, 15) is 4.79 Å². The molecule has 1 aromatic rings. The van der Waals surface area contributed by atoms with Crippen LogP contribution in [0.2, 0.25) is 0 Å². The molecule has 23 heavy (non-hydrogen) atoms. The summed E-state index contributed by atoms with van der Waals surface area (Å²) in [4.78, 5) is 18.6. The average molecular weight is 326 g/mol. The van der Waals surface area contributed by atoms with E-state index in [2.05, 4.69) is 20.6 Å². The monoisotopic (exact) mass is 326 g/mol. The van der Waals surface area contributed by atoms with Gasteiger partial charge in [-0.1, -0.05) is 0 Å². The molecule has 1 aromatic heterocycles. The second-order valence-electron chi connectivity index (χ2n) is 6.50. The van der Waals surface area contributed by atoms with Gasteiger partial charge in [0.15, 0.2) is 0 Å². The topological polar surface area (TPSA) is 88.3 Å². The van der Waals surface area contributed by atoms with Gasteiger partial charge < -0.3 is 25.1 Å². The molecule has 0 spiro atoms. The molecule has 7 nitrogen and oxygen atoms in total. The van der Waals surface area contributed by atoms with Crippen molar-refractivity contribution in [3.63, 3.8) is 0 Å². The third-order valence-corrected chi connectivity index (χ3v) is 3.15. The molecule has 0 bridgehead atoms. The van der Waals surface area contributed by atoms with Crippen LogP contribution in [-0.4, -0.2) is 54.5 Å². The average Bonchev–Trinajstić information content (AvgIpc) is 2.94. The first-order chi connectivity index (χ1) is 10.9. The first-order valence-corrected chi connectivity index (χ1v) is 8.07. The van der Waals surface area contributed by atoms with Crippen LogP contribution in [0.4, 0.5) is 4.79 Å². The quantitative estimate of drug-likeness (QED) is 0.571. The van der Waals surface area contributed by atoms with Gasteiger partial charge in [-0.3, -0.25) is 0 Å². The van der Waals surface area contributed by atoms with Crippen LogP contribution in [0.5, 0.6) is 0 Å². The van der Waals surface area contributed by atoms with Crippen molar-refractivity contribution >= 4 is 6.09 Å². The molecule has 3 N–H and O–H groups in total. The summed E-state index contributed by atoms with van der Waals surface area (Å²) in [6.07, 6.45) is 5.84. The molecule has 1 heterocycles. The number of carbonyl (C=O) groups is 1. The number of hydrogen-bond acceptors (Lipinski definition) is 5. The maximum atomic E-state index is 11.5. The van der Waals surface area contributed by atoms with Gasteiger partial charge in [-0.25, -0.2) is 9.78 Å². The number of imidazole rings is 1. The fourth-order valence-corrected chi connectivity index (χ4v) is 2.13. The number of rotatable bonds is 10. The highest BCUT2D eigenvalue weighted by atomic mass is 16.6. The van der Waals surface area contributed by atoms with Gasteiger partial charge >= 0.3 is 6.09 Å². The fourth-order valence-electron chi connectivity index (χ4n) is 2.13. The molecule has 0 aromatic carbocycles. The second kappa shape index (κ2) is 10.2. The fraction of sp³-hybridized carbons (Fsp3) is 0.750. The van der Waals surface area contributed by atoms with Crippen LogP contribution in [-0.2, 0) is 15.9 Å². The number of aromatic amines is 1. The van der Waals surface area contributed by atoms with Crippen molar-refractivity contribution in [3.05, 3.63) is 18.2 Å². The summed E-state index contributed by atoms with van der Waals surface area (Å²) in [6, 6.07) is 0.267. The number of aromatic nitrogens is 2. The van der Waals surface area contributed by atoms with Crippen LogP contribution in [0.25, 0.3) is 0 Å². The van der Waals surface area contributed by atoms with Crippen molar-refractivity contribution < 1.29 is 14.3 Å². The summed E-state index contributed by atoms with van der Waals surface area (Å²) in [7, 11) is 1.70. The predicted octanol–water partition coefficient (Wildman–Crippen LogP) is 1.86. The molecule has 0 fully saturated rings. The SMILES string of the molecule is COCC(CCCNC(=O)OC(C)(C)C)NCCc1cnc[nH]1. The van der Waals surface area contributed by atoms with Gasteiger partial charge in [0.05, 0.1) is 12.9 Å². The molecule has 132 valence electrons. The molecule has 7 heteroatoms. The highest BCUT2D eigenvalue weighted by Crippen LogP contribution is 2.06. The minimum absolute atomic E-state index is 0.267. The van der Waals surface area contributed by atoms with E-state index in [0.717, 1.165) is 31.5 Å². The van der Waals surface area contributed by atoms with E-state index >= 15 is 0 Å². The lowest BCUT2D eigenvalue weighted by atomic mass is 10.1. The van der Waals surface area contributed by atoms with Crippen LogP contribution in [0.1, 0.15) is 39.3 Å². The number of alkyl carbamates (subject to hydrolysis) is 1. The molecule has 0 aliphatic heterocycles. The molecular weight excluding hydrogens is 296 g/mol. The van der Waals surface area contributed by atoms with Crippen molar-refractivity contribution in [1.29, 1.82) is 0 Å². The maximum Gasteiger partial charge on any atom is 0.407 e. The van der Waals surface area contributed by atoms with Crippen LogP contribution in [0, 0.1) is 0 Å². The van der Waals surface area contributed by atoms with E-state index < -0.39 is 5.60 Å². The Morgan fingerprint density at radius 3 is 2.78 bits per heavy atom. The van der Waals surface area contributed by atoms with E-state index in [-0.39, 0.29) is 12.1 Å². The molecule has 1 unspecified atom stereocenters. The third-order valence-electron chi connectivity index (χ3n) is 3.15. The number of H-pyrrole nitrogens is 1.